The van der Waals surface area contributed by atoms with Crippen LogP contribution in [0.5, 0.6) is 0 Å². The van der Waals surface area contributed by atoms with Crippen molar-refractivity contribution in [3.63, 3.8) is 0 Å². The lowest BCUT2D eigenvalue weighted by atomic mass is 9.91. The first-order valence-corrected chi connectivity index (χ1v) is 11.3. The summed E-state index contributed by atoms with van der Waals surface area (Å²) in [6.45, 7) is 5.82. The van der Waals surface area contributed by atoms with Crippen LogP contribution in [0.25, 0.3) is 0 Å². The van der Waals surface area contributed by atoms with Crippen molar-refractivity contribution >= 4 is 29.0 Å². The molecule has 1 amide bonds. The first kappa shape index (κ1) is 22.1. The monoisotopic (exact) mass is 456 g/mol. The number of amides is 1. The maximum absolute atomic E-state index is 13.8. The third-order valence-corrected chi connectivity index (χ3v) is 6.70. The van der Waals surface area contributed by atoms with Crippen molar-refractivity contribution in [2.24, 2.45) is 4.99 Å². The van der Waals surface area contributed by atoms with Crippen LogP contribution in [0.2, 0.25) is 0 Å². The van der Waals surface area contributed by atoms with Gasteiger partial charge in [-0.05, 0) is 37.1 Å². The lowest BCUT2D eigenvalue weighted by Crippen LogP contribution is -2.40. The molecule has 9 heteroatoms. The van der Waals surface area contributed by atoms with Crippen molar-refractivity contribution in [1.29, 1.82) is 0 Å². The van der Waals surface area contributed by atoms with Gasteiger partial charge in [0.2, 0.25) is 5.91 Å². The van der Waals surface area contributed by atoms with Gasteiger partial charge in [-0.25, -0.2) is 14.2 Å². The Labute approximate surface area is 190 Å². The Bertz CT molecular complexity index is 1110. The van der Waals surface area contributed by atoms with Gasteiger partial charge in [0.1, 0.15) is 11.9 Å². The number of amidine groups is 1. The minimum atomic E-state index is -0.652. The summed E-state index contributed by atoms with van der Waals surface area (Å²) in [7, 11) is 1.76. The van der Waals surface area contributed by atoms with Crippen molar-refractivity contribution in [3.05, 3.63) is 63.0 Å². The third kappa shape index (κ3) is 3.92. The molecule has 0 bridgehead atoms. The highest BCUT2D eigenvalue weighted by molar-refractivity contribution is 7.11. The van der Waals surface area contributed by atoms with Crippen molar-refractivity contribution in [2.45, 2.75) is 39.3 Å². The molecule has 0 saturated carbocycles. The Hall–Kier alpha value is -3.07. The molecule has 2 aliphatic rings. The fraction of sp³-hybridized carbons (Fsp3) is 0.391. The Balaban J connectivity index is 1.90. The molecule has 7 nitrogen and oxygen atoms in total. The minimum Gasteiger partial charge on any atom is -0.463 e. The lowest BCUT2D eigenvalue weighted by molar-refractivity contribution is -0.139. The second kappa shape index (κ2) is 8.82. The standard InChI is InChI=1S/C23H25FN4O3S/c1-5-31-23(30)19-18-11-16(27(4)14(3)29)12-28(18)21(22-25-8-9-32-22)26-20(19)17-7-6-15(24)10-13(17)2/h6-10,16,20H,5,11-12H2,1-4H3/t16-,20-/m0/s1. The first-order valence-electron chi connectivity index (χ1n) is 10.5. The Kier molecular flexibility index (Phi) is 6.10. The van der Waals surface area contributed by atoms with Gasteiger partial charge >= 0.3 is 5.97 Å². The maximum Gasteiger partial charge on any atom is 0.338 e. The molecule has 4 rings (SSSR count). The number of rotatable bonds is 5. The van der Waals surface area contributed by atoms with E-state index in [-0.39, 0.29) is 24.4 Å². The van der Waals surface area contributed by atoms with Crippen LogP contribution >= 0.6 is 11.3 Å². The summed E-state index contributed by atoms with van der Waals surface area (Å²) in [5.74, 6) is -0.195. The molecular formula is C23H25FN4O3S. The van der Waals surface area contributed by atoms with Crippen LogP contribution in [0.15, 0.2) is 46.0 Å². The van der Waals surface area contributed by atoms with Crippen LogP contribution in [0.4, 0.5) is 4.39 Å². The number of ether oxygens (including phenoxy) is 1. The first-order chi connectivity index (χ1) is 15.3. The Morgan fingerprint density at radius 1 is 1.38 bits per heavy atom. The van der Waals surface area contributed by atoms with Crippen molar-refractivity contribution in [1.82, 2.24) is 14.8 Å². The predicted octanol–water partition coefficient (Wildman–Crippen LogP) is 3.46. The molecule has 168 valence electrons. The number of benzene rings is 1. The zero-order valence-corrected chi connectivity index (χ0v) is 19.3. The average Bonchev–Trinajstić information content (AvgIpc) is 3.42. The van der Waals surface area contributed by atoms with E-state index < -0.39 is 12.0 Å². The molecule has 1 saturated heterocycles. The number of hydrogen-bond donors (Lipinski definition) is 0. The van der Waals surface area contributed by atoms with E-state index in [1.165, 1.54) is 30.4 Å². The number of likely N-dealkylation sites (N-methyl/N-ethyl adjacent to an activating group) is 1. The van der Waals surface area contributed by atoms with Gasteiger partial charge in [-0.15, -0.1) is 11.3 Å². The molecule has 1 aromatic carbocycles. The zero-order chi connectivity index (χ0) is 23.0. The van der Waals surface area contributed by atoms with Crippen LogP contribution in [0.3, 0.4) is 0 Å². The molecule has 2 aromatic rings. The van der Waals surface area contributed by atoms with Crippen LogP contribution < -0.4 is 0 Å². The summed E-state index contributed by atoms with van der Waals surface area (Å²) in [5.41, 5.74) is 2.64. The zero-order valence-electron chi connectivity index (χ0n) is 18.5. The van der Waals surface area contributed by atoms with Crippen LogP contribution in [0.1, 0.15) is 42.4 Å². The summed E-state index contributed by atoms with van der Waals surface area (Å²) in [4.78, 5) is 38.3. The Morgan fingerprint density at radius 3 is 2.78 bits per heavy atom. The number of fused-ring (bicyclic) bond motifs is 1. The van der Waals surface area contributed by atoms with E-state index >= 15 is 0 Å². The van der Waals surface area contributed by atoms with E-state index in [9.17, 15) is 14.0 Å². The van der Waals surface area contributed by atoms with E-state index in [2.05, 4.69) is 4.98 Å². The molecular weight excluding hydrogens is 431 g/mol. The van der Waals surface area contributed by atoms with Gasteiger partial charge in [0.25, 0.3) is 0 Å². The highest BCUT2D eigenvalue weighted by Crippen LogP contribution is 2.42. The second-order valence-electron chi connectivity index (χ2n) is 7.87. The Morgan fingerprint density at radius 2 is 2.16 bits per heavy atom. The average molecular weight is 457 g/mol. The number of aliphatic imine (C=N–C) groups is 1. The van der Waals surface area contributed by atoms with Gasteiger partial charge in [0, 0.05) is 44.2 Å². The second-order valence-corrected chi connectivity index (χ2v) is 8.77. The molecule has 0 spiro atoms. The lowest BCUT2D eigenvalue weighted by Gasteiger charge is -2.32. The highest BCUT2D eigenvalue weighted by atomic mass is 32.1. The van der Waals surface area contributed by atoms with E-state index in [1.807, 2.05) is 10.3 Å². The van der Waals surface area contributed by atoms with Crippen molar-refractivity contribution in [2.75, 3.05) is 20.2 Å². The molecule has 1 aromatic heterocycles. The topological polar surface area (TPSA) is 75.1 Å². The number of aromatic nitrogens is 1. The van der Waals surface area contributed by atoms with Gasteiger partial charge in [0.05, 0.1) is 18.2 Å². The van der Waals surface area contributed by atoms with Gasteiger partial charge in [-0.3, -0.25) is 9.79 Å². The predicted molar refractivity (Wildman–Crippen MR) is 120 cm³/mol. The molecule has 0 radical (unpaired) electrons. The summed E-state index contributed by atoms with van der Waals surface area (Å²) in [6, 6.07) is 3.71. The summed E-state index contributed by atoms with van der Waals surface area (Å²) in [5, 5.41) is 2.59. The van der Waals surface area contributed by atoms with Crippen molar-refractivity contribution < 1.29 is 18.7 Å². The van der Waals surface area contributed by atoms with E-state index in [0.29, 0.717) is 29.9 Å². The highest BCUT2D eigenvalue weighted by Gasteiger charge is 2.43. The number of thiazole rings is 1. The number of halogens is 1. The van der Waals surface area contributed by atoms with Crippen LogP contribution in [-0.4, -0.2) is 58.7 Å². The summed E-state index contributed by atoms with van der Waals surface area (Å²) in [6.07, 6.45) is 2.20. The SMILES string of the molecule is CCOC(=O)C1=C2C[C@H](N(C)C(C)=O)CN2C(c2nccs2)=N[C@H]1c1ccc(F)cc1C. The van der Waals surface area contributed by atoms with E-state index in [4.69, 9.17) is 9.73 Å². The number of carbonyl (C=O) groups excluding carboxylic acids is 2. The molecule has 2 aliphatic heterocycles. The van der Waals surface area contributed by atoms with Gasteiger partial charge in [-0.2, -0.15) is 0 Å². The fourth-order valence-electron chi connectivity index (χ4n) is 4.23. The molecule has 0 unspecified atom stereocenters. The number of carbonyl (C=O) groups is 2. The molecule has 32 heavy (non-hydrogen) atoms. The van der Waals surface area contributed by atoms with Crippen molar-refractivity contribution in [3.8, 4) is 0 Å². The van der Waals surface area contributed by atoms with Gasteiger partial charge in [-0.1, -0.05) is 6.07 Å². The number of aryl methyl sites for hydroxylation is 1. The summed E-state index contributed by atoms with van der Waals surface area (Å²) < 4.78 is 19.2. The quantitative estimate of drug-likeness (QED) is 0.644. The maximum atomic E-state index is 13.8. The van der Waals surface area contributed by atoms with Gasteiger partial charge < -0.3 is 14.5 Å². The number of esters is 1. The number of hydrogen-bond acceptors (Lipinski definition) is 7. The molecule has 1 fully saturated rings. The minimum absolute atomic E-state index is 0.0493. The normalized spacial score (nSPS) is 20.2. The van der Waals surface area contributed by atoms with E-state index in [0.717, 1.165) is 16.3 Å². The molecule has 0 aliphatic carbocycles. The van der Waals surface area contributed by atoms with Crippen LogP contribution in [-0.2, 0) is 14.3 Å². The largest absolute Gasteiger partial charge is 0.463 e. The smallest absolute Gasteiger partial charge is 0.338 e. The van der Waals surface area contributed by atoms with Crippen LogP contribution in [0, 0.1) is 12.7 Å². The van der Waals surface area contributed by atoms with Gasteiger partial charge in [0.15, 0.2) is 10.8 Å². The molecule has 2 atom stereocenters. The third-order valence-electron chi connectivity index (χ3n) is 5.93. The van der Waals surface area contributed by atoms with E-state index in [1.54, 1.807) is 38.1 Å². The molecule has 0 N–H and O–H groups in total. The molecule has 3 heterocycles. The summed E-state index contributed by atoms with van der Waals surface area (Å²) >= 11 is 1.46. The number of nitrogens with zero attached hydrogens (tertiary/aromatic N) is 4. The fourth-order valence-corrected chi connectivity index (χ4v) is 4.87.